The van der Waals surface area contributed by atoms with Gasteiger partial charge >= 0.3 is 0 Å². The Hall–Kier alpha value is -2.37. The number of rotatable bonds is 5. The number of aromatic nitrogens is 1. The minimum atomic E-state index is -0.363. The summed E-state index contributed by atoms with van der Waals surface area (Å²) in [5.41, 5.74) is 0.942. The summed E-state index contributed by atoms with van der Waals surface area (Å²) in [6, 6.07) is 7.54. The maximum atomic E-state index is 12.7. The number of methoxy groups -OCH3 is 1. The highest BCUT2D eigenvalue weighted by Gasteiger charge is 2.12. The predicted octanol–water partition coefficient (Wildman–Crippen LogP) is 1.79. The number of benzene rings is 1. The van der Waals surface area contributed by atoms with E-state index in [-0.39, 0.29) is 23.4 Å². The van der Waals surface area contributed by atoms with Crippen molar-refractivity contribution >= 4 is 5.91 Å². The van der Waals surface area contributed by atoms with Gasteiger partial charge in [-0.25, -0.2) is 4.39 Å². The molecule has 0 unspecified atom stereocenters. The van der Waals surface area contributed by atoms with Crippen molar-refractivity contribution in [3.63, 3.8) is 0 Å². The van der Waals surface area contributed by atoms with Gasteiger partial charge in [-0.05, 0) is 29.3 Å². The van der Waals surface area contributed by atoms with E-state index in [0.717, 1.165) is 5.56 Å². The van der Waals surface area contributed by atoms with Gasteiger partial charge in [0.15, 0.2) is 0 Å². The zero-order chi connectivity index (χ0) is 13.7. The number of carbonyl (C=O) groups is 1. The Kier molecular flexibility index (Phi) is 4.12. The third kappa shape index (κ3) is 3.54. The van der Waals surface area contributed by atoms with Crippen molar-refractivity contribution < 1.29 is 18.4 Å². The van der Waals surface area contributed by atoms with E-state index in [9.17, 15) is 9.18 Å². The smallest absolute Gasteiger partial charge is 0.290 e. The normalized spacial score (nSPS) is 10.2. The highest BCUT2D eigenvalue weighted by Crippen LogP contribution is 2.10. The van der Waals surface area contributed by atoms with E-state index in [0.29, 0.717) is 13.0 Å². The van der Waals surface area contributed by atoms with Crippen LogP contribution in [0, 0.1) is 5.82 Å². The average Bonchev–Trinajstić information content (AvgIpc) is 2.90. The molecule has 0 aliphatic rings. The number of nitrogens with zero attached hydrogens (tertiary/aromatic N) is 1. The summed E-state index contributed by atoms with van der Waals surface area (Å²) in [4.78, 5) is 11.7. The first-order valence-corrected chi connectivity index (χ1v) is 5.72. The Labute approximate surface area is 109 Å². The molecule has 1 aromatic carbocycles. The van der Waals surface area contributed by atoms with Crippen molar-refractivity contribution in [1.82, 2.24) is 10.5 Å². The van der Waals surface area contributed by atoms with Gasteiger partial charge in [0, 0.05) is 6.54 Å². The first-order valence-electron chi connectivity index (χ1n) is 5.72. The van der Waals surface area contributed by atoms with E-state index in [2.05, 4.69) is 10.5 Å². The molecule has 6 heteroatoms. The zero-order valence-corrected chi connectivity index (χ0v) is 10.4. The predicted molar refractivity (Wildman–Crippen MR) is 65.5 cm³/mol. The van der Waals surface area contributed by atoms with Crippen molar-refractivity contribution in [3.8, 4) is 5.88 Å². The van der Waals surface area contributed by atoms with E-state index < -0.39 is 0 Å². The third-order valence-corrected chi connectivity index (χ3v) is 2.53. The SMILES string of the molecule is COc1cc(C(=O)NCCc2ccc(F)cc2)on1. The maximum absolute atomic E-state index is 12.7. The lowest BCUT2D eigenvalue weighted by Crippen LogP contribution is -2.25. The highest BCUT2D eigenvalue weighted by molar-refractivity contribution is 5.91. The monoisotopic (exact) mass is 264 g/mol. The second kappa shape index (κ2) is 5.99. The molecule has 0 radical (unpaired) electrons. The summed E-state index contributed by atoms with van der Waals surface area (Å²) >= 11 is 0. The van der Waals surface area contributed by atoms with Gasteiger partial charge < -0.3 is 14.6 Å². The molecular weight excluding hydrogens is 251 g/mol. The summed E-state index contributed by atoms with van der Waals surface area (Å²) in [5, 5.41) is 6.21. The van der Waals surface area contributed by atoms with Gasteiger partial charge in [0.1, 0.15) is 5.82 Å². The highest BCUT2D eigenvalue weighted by atomic mass is 19.1. The molecule has 1 N–H and O–H groups in total. The van der Waals surface area contributed by atoms with Crippen LogP contribution in [0.15, 0.2) is 34.9 Å². The van der Waals surface area contributed by atoms with Crippen LogP contribution in [0.4, 0.5) is 4.39 Å². The molecule has 2 aromatic rings. The van der Waals surface area contributed by atoms with E-state index >= 15 is 0 Å². The molecular formula is C13H13FN2O3. The Morgan fingerprint density at radius 1 is 1.42 bits per heavy atom. The van der Waals surface area contributed by atoms with Gasteiger partial charge in [0.2, 0.25) is 5.76 Å². The number of halogens is 1. The topological polar surface area (TPSA) is 64.4 Å². The van der Waals surface area contributed by atoms with Crippen LogP contribution in [0.2, 0.25) is 0 Å². The first-order chi connectivity index (χ1) is 9.19. The molecule has 0 atom stereocenters. The Morgan fingerprint density at radius 2 is 2.16 bits per heavy atom. The van der Waals surface area contributed by atoms with Crippen molar-refractivity contribution in [2.75, 3.05) is 13.7 Å². The second-order valence-corrected chi connectivity index (χ2v) is 3.87. The van der Waals surface area contributed by atoms with Crippen LogP contribution in [0.25, 0.3) is 0 Å². The fourth-order valence-electron chi connectivity index (χ4n) is 1.52. The van der Waals surface area contributed by atoms with Crippen LogP contribution in [-0.4, -0.2) is 24.7 Å². The minimum Gasteiger partial charge on any atom is -0.479 e. The standard InChI is InChI=1S/C13H13FN2O3/c1-18-12-8-11(19-16-12)13(17)15-7-6-9-2-4-10(14)5-3-9/h2-5,8H,6-7H2,1H3,(H,15,17). The molecule has 1 heterocycles. The average molecular weight is 264 g/mol. The molecule has 5 nitrogen and oxygen atoms in total. The van der Waals surface area contributed by atoms with Gasteiger partial charge in [0.25, 0.3) is 11.8 Å². The van der Waals surface area contributed by atoms with Crippen molar-refractivity contribution in [1.29, 1.82) is 0 Å². The van der Waals surface area contributed by atoms with Gasteiger partial charge in [-0.2, -0.15) is 0 Å². The van der Waals surface area contributed by atoms with Crippen LogP contribution in [0.3, 0.4) is 0 Å². The first kappa shape index (κ1) is 13.1. The Balaban J connectivity index is 1.82. The van der Waals surface area contributed by atoms with Gasteiger partial charge in [-0.3, -0.25) is 4.79 Å². The third-order valence-electron chi connectivity index (χ3n) is 2.53. The lowest BCUT2D eigenvalue weighted by atomic mass is 10.1. The van der Waals surface area contributed by atoms with Crippen molar-refractivity contribution in [3.05, 3.63) is 47.5 Å². The largest absolute Gasteiger partial charge is 0.479 e. The van der Waals surface area contributed by atoms with Crippen molar-refractivity contribution in [2.24, 2.45) is 0 Å². The number of carbonyl (C=O) groups excluding carboxylic acids is 1. The second-order valence-electron chi connectivity index (χ2n) is 3.87. The Bertz CT molecular complexity index is 551. The summed E-state index contributed by atoms with van der Waals surface area (Å²) in [6.07, 6.45) is 0.608. The van der Waals surface area contributed by atoms with Gasteiger partial charge in [-0.1, -0.05) is 12.1 Å². The molecule has 1 aromatic heterocycles. The van der Waals surface area contributed by atoms with E-state index in [1.807, 2.05) is 0 Å². The van der Waals surface area contributed by atoms with Crippen molar-refractivity contribution in [2.45, 2.75) is 6.42 Å². The maximum Gasteiger partial charge on any atom is 0.290 e. The zero-order valence-electron chi connectivity index (χ0n) is 10.4. The molecule has 0 bridgehead atoms. The van der Waals surface area contributed by atoms with E-state index in [1.54, 1.807) is 12.1 Å². The number of hydrogen-bond donors (Lipinski definition) is 1. The molecule has 19 heavy (non-hydrogen) atoms. The Morgan fingerprint density at radius 3 is 2.79 bits per heavy atom. The molecule has 0 aliphatic heterocycles. The molecule has 0 fully saturated rings. The lowest BCUT2D eigenvalue weighted by Gasteiger charge is -2.02. The fraction of sp³-hybridized carbons (Fsp3) is 0.231. The van der Waals surface area contributed by atoms with Gasteiger partial charge in [0.05, 0.1) is 13.2 Å². The molecule has 0 aliphatic carbocycles. The van der Waals surface area contributed by atoms with Crippen LogP contribution >= 0.6 is 0 Å². The minimum absolute atomic E-state index is 0.0935. The quantitative estimate of drug-likeness (QED) is 0.894. The lowest BCUT2D eigenvalue weighted by molar-refractivity contribution is 0.0917. The summed E-state index contributed by atoms with van der Waals surface area (Å²) in [6.45, 7) is 0.424. The van der Waals surface area contributed by atoms with Gasteiger partial charge in [-0.15, -0.1) is 0 Å². The number of nitrogens with one attached hydrogen (secondary N) is 1. The molecule has 0 saturated carbocycles. The fourth-order valence-corrected chi connectivity index (χ4v) is 1.52. The van der Waals surface area contributed by atoms with Crippen LogP contribution < -0.4 is 10.1 Å². The number of amides is 1. The summed E-state index contributed by atoms with van der Waals surface area (Å²) in [5.74, 6) is -0.293. The molecule has 0 saturated heterocycles. The van der Waals surface area contributed by atoms with Crippen LogP contribution in [0.5, 0.6) is 5.88 Å². The summed E-state index contributed by atoms with van der Waals surface area (Å²) < 4.78 is 22.3. The molecule has 100 valence electrons. The van der Waals surface area contributed by atoms with Crippen LogP contribution in [0.1, 0.15) is 16.1 Å². The number of ether oxygens (including phenoxy) is 1. The van der Waals surface area contributed by atoms with E-state index in [4.69, 9.17) is 9.26 Å². The van der Waals surface area contributed by atoms with E-state index in [1.165, 1.54) is 25.3 Å². The molecule has 2 rings (SSSR count). The molecule has 1 amide bonds. The number of hydrogen-bond acceptors (Lipinski definition) is 4. The van der Waals surface area contributed by atoms with Crippen LogP contribution in [-0.2, 0) is 6.42 Å². The molecule has 0 spiro atoms. The summed E-state index contributed by atoms with van der Waals surface area (Å²) in [7, 11) is 1.44.